The SMILES string of the molecule is CNC1CCC(C(C)(C)C)CC1CN(C)C(C)C(C)(C)C. The second-order valence-electron chi connectivity index (χ2n) is 9.51. The van der Waals surface area contributed by atoms with Crippen LogP contribution in [0.5, 0.6) is 0 Å². The molecule has 2 heteroatoms. The van der Waals surface area contributed by atoms with Gasteiger partial charge in [-0.15, -0.1) is 0 Å². The van der Waals surface area contributed by atoms with Crippen LogP contribution in [0.1, 0.15) is 67.7 Å². The lowest BCUT2D eigenvalue weighted by molar-refractivity contribution is 0.0652. The molecule has 0 saturated heterocycles. The van der Waals surface area contributed by atoms with Crippen molar-refractivity contribution in [3.63, 3.8) is 0 Å². The first-order valence-corrected chi connectivity index (χ1v) is 8.84. The maximum absolute atomic E-state index is 3.58. The van der Waals surface area contributed by atoms with Crippen LogP contribution >= 0.6 is 0 Å². The monoisotopic (exact) mass is 296 g/mol. The fraction of sp³-hybridized carbons (Fsp3) is 1.00. The van der Waals surface area contributed by atoms with Gasteiger partial charge >= 0.3 is 0 Å². The highest BCUT2D eigenvalue weighted by Crippen LogP contribution is 2.40. The number of hydrogen-bond donors (Lipinski definition) is 1. The summed E-state index contributed by atoms with van der Waals surface area (Å²) in [6.45, 7) is 17.9. The van der Waals surface area contributed by atoms with Crippen LogP contribution < -0.4 is 5.32 Å². The Morgan fingerprint density at radius 3 is 2.10 bits per heavy atom. The van der Waals surface area contributed by atoms with E-state index >= 15 is 0 Å². The third kappa shape index (κ3) is 5.25. The molecule has 0 heterocycles. The number of nitrogens with zero attached hydrogens (tertiary/aromatic N) is 1. The van der Waals surface area contributed by atoms with Crippen LogP contribution in [0, 0.1) is 22.7 Å². The Kier molecular flexibility index (Phi) is 6.32. The third-order valence-corrected chi connectivity index (χ3v) is 6.01. The summed E-state index contributed by atoms with van der Waals surface area (Å²) >= 11 is 0. The van der Waals surface area contributed by atoms with Crippen LogP contribution in [0.25, 0.3) is 0 Å². The molecular weight excluding hydrogens is 256 g/mol. The summed E-state index contributed by atoms with van der Waals surface area (Å²) in [5.41, 5.74) is 0.799. The predicted molar refractivity (Wildman–Crippen MR) is 94.7 cm³/mol. The van der Waals surface area contributed by atoms with Crippen molar-refractivity contribution in [2.24, 2.45) is 22.7 Å². The van der Waals surface area contributed by atoms with Crippen molar-refractivity contribution in [3.8, 4) is 0 Å². The van der Waals surface area contributed by atoms with Crippen molar-refractivity contribution in [1.29, 1.82) is 0 Å². The van der Waals surface area contributed by atoms with Gasteiger partial charge in [-0.2, -0.15) is 0 Å². The van der Waals surface area contributed by atoms with E-state index in [4.69, 9.17) is 0 Å². The lowest BCUT2D eigenvalue weighted by Crippen LogP contribution is -2.49. The fourth-order valence-corrected chi connectivity index (χ4v) is 3.82. The lowest BCUT2D eigenvalue weighted by atomic mass is 9.67. The van der Waals surface area contributed by atoms with E-state index in [0.717, 1.165) is 11.8 Å². The fourth-order valence-electron chi connectivity index (χ4n) is 3.82. The van der Waals surface area contributed by atoms with Crippen LogP contribution in [0.2, 0.25) is 0 Å². The van der Waals surface area contributed by atoms with E-state index in [9.17, 15) is 0 Å². The molecule has 0 aliphatic heterocycles. The standard InChI is InChI=1S/C19H40N2/c1-14(18(2,3)4)21(9)13-15-12-16(19(5,6)7)10-11-17(15)20-8/h14-17,20H,10-13H2,1-9H3. The van der Waals surface area contributed by atoms with E-state index in [1.165, 1.54) is 25.8 Å². The molecule has 0 amide bonds. The van der Waals surface area contributed by atoms with E-state index in [0.29, 0.717) is 22.9 Å². The first-order valence-electron chi connectivity index (χ1n) is 8.84. The van der Waals surface area contributed by atoms with E-state index in [1.54, 1.807) is 0 Å². The smallest absolute Gasteiger partial charge is 0.0112 e. The maximum atomic E-state index is 3.58. The Labute approximate surface area is 134 Å². The maximum Gasteiger partial charge on any atom is 0.0112 e. The highest BCUT2D eigenvalue weighted by Gasteiger charge is 2.36. The number of nitrogens with one attached hydrogen (secondary N) is 1. The summed E-state index contributed by atoms with van der Waals surface area (Å²) in [5.74, 6) is 1.65. The van der Waals surface area contributed by atoms with E-state index in [-0.39, 0.29) is 0 Å². The summed E-state index contributed by atoms with van der Waals surface area (Å²) < 4.78 is 0. The van der Waals surface area contributed by atoms with Crippen LogP contribution in [0.3, 0.4) is 0 Å². The zero-order chi connectivity index (χ0) is 16.4. The first-order chi connectivity index (χ1) is 9.46. The van der Waals surface area contributed by atoms with Gasteiger partial charge in [-0.05, 0) is 62.9 Å². The molecule has 4 unspecified atom stereocenters. The van der Waals surface area contributed by atoms with E-state index in [2.05, 4.69) is 72.8 Å². The Hall–Kier alpha value is -0.0800. The number of rotatable bonds is 4. The van der Waals surface area contributed by atoms with Gasteiger partial charge in [-0.3, -0.25) is 0 Å². The predicted octanol–water partition coefficient (Wildman–Crippen LogP) is 4.40. The van der Waals surface area contributed by atoms with Crippen molar-refractivity contribution >= 4 is 0 Å². The lowest BCUT2D eigenvalue weighted by Gasteiger charge is -2.45. The molecule has 1 saturated carbocycles. The van der Waals surface area contributed by atoms with Gasteiger partial charge in [0, 0.05) is 18.6 Å². The zero-order valence-corrected chi connectivity index (χ0v) is 16.1. The molecule has 0 radical (unpaired) electrons. The molecule has 1 aliphatic carbocycles. The summed E-state index contributed by atoms with van der Waals surface area (Å²) in [4.78, 5) is 2.58. The van der Waals surface area contributed by atoms with Crippen molar-refractivity contribution in [2.45, 2.75) is 79.8 Å². The minimum atomic E-state index is 0.349. The molecule has 0 bridgehead atoms. The minimum Gasteiger partial charge on any atom is -0.317 e. The van der Waals surface area contributed by atoms with Crippen LogP contribution in [0.15, 0.2) is 0 Å². The summed E-state index contributed by atoms with van der Waals surface area (Å²) in [6.07, 6.45) is 4.08. The normalized spacial score (nSPS) is 29.7. The van der Waals surface area contributed by atoms with Crippen LogP contribution in [0.4, 0.5) is 0 Å². The Morgan fingerprint density at radius 1 is 1.10 bits per heavy atom. The molecule has 2 nitrogen and oxygen atoms in total. The van der Waals surface area contributed by atoms with Gasteiger partial charge in [0.15, 0.2) is 0 Å². The van der Waals surface area contributed by atoms with Crippen LogP contribution in [-0.4, -0.2) is 37.6 Å². The van der Waals surface area contributed by atoms with E-state index < -0.39 is 0 Å². The Morgan fingerprint density at radius 2 is 1.67 bits per heavy atom. The third-order valence-electron chi connectivity index (χ3n) is 6.01. The Bertz CT molecular complexity index is 311. The molecule has 0 aromatic carbocycles. The molecule has 1 aliphatic rings. The molecule has 0 aromatic rings. The molecular formula is C19H40N2. The largest absolute Gasteiger partial charge is 0.317 e. The average Bonchev–Trinajstić information content (AvgIpc) is 2.35. The molecule has 1 fully saturated rings. The van der Waals surface area contributed by atoms with Crippen molar-refractivity contribution in [3.05, 3.63) is 0 Å². The minimum absolute atomic E-state index is 0.349. The van der Waals surface area contributed by atoms with Gasteiger partial charge in [0.1, 0.15) is 0 Å². The van der Waals surface area contributed by atoms with Crippen molar-refractivity contribution in [2.75, 3.05) is 20.6 Å². The molecule has 21 heavy (non-hydrogen) atoms. The van der Waals surface area contributed by atoms with Gasteiger partial charge in [0.25, 0.3) is 0 Å². The summed E-state index contributed by atoms with van der Waals surface area (Å²) in [7, 11) is 4.45. The average molecular weight is 297 g/mol. The molecule has 1 rings (SSSR count). The molecule has 4 atom stereocenters. The topological polar surface area (TPSA) is 15.3 Å². The summed E-state index contributed by atoms with van der Waals surface area (Å²) in [5, 5.41) is 3.58. The highest BCUT2D eigenvalue weighted by molar-refractivity contribution is 4.90. The molecule has 126 valence electrons. The molecule has 1 N–H and O–H groups in total. The molecule has 0 spiro atoms. The van der Waals surface area contributed by atoms with Crippen LogP contribution in [-0.2, 0) is 0 Å². The Balaban J connectivity index is 2.72. The second-order valence-corrected chi connectivity index (χ2v) is 9.51. The van der Waals surface area contributed by atoms with Crippen molar-refractivity contribution < 1.29 is 0 Å². The highest BCUT2D eigenvalue weighted by atomic mass is 15.1. The molecule has 0 aromatic heterocycles. The van der Waals surface area contributed by atoms with Gasteiger partial charge in [0.05, 0.1) is 0 Å². The van der Waals surface area contributed by atoms with Gasteiger partial charge in [0.2, 0.25) is 0 Å². The zero-order valence-electron chi connectivity index (χ0n) is 16.1. The first kappa shape index (κ1) is 19.0. The second kappa shape index (κ2) is 7.00. The van der Waals surface area contributed by atoms with Gasteiger partial charge in [-0.1, -0.05) is 41.5 Å². The van der Waals surface area contributed by atoms with Crippen molar-refractivity contribution in [1.82, 2.24) is 10.2 Å². The summed E-state index contributed by atoms with van der Waals surface area (Å²) in [6, 6.07) is 1.31. The van der Waals surface area contributed by atoms with Gasteiger partial charge in [-0.25, -0.2) is 0 Å². The van der Waals surface area contributed by atoms with Gasteiger partial charge < -0.3 is 10.2 Å². The van der Waals surface area contributed by atoms with E-state index in [1.807, 2.05) is 0 Å². The quantitative estimate of drug-likeness (QED) is 0.827. The number of hydrogen-bond acceptors (Lipinski definition) is 2.